The zero-order valence-corrected chi connectivity index (χ0v) is 16.9. The van der Waals surface area contributed by atoms with Crippen LogP contribution in [-0.4, -0.2) is 56.1 Å². The minimum absolute atomic E-state index is 0.0208. The van der Waals surface area contributed by atoms with Crippen molar-refractivity contribution in [1.29, 1.82) is 0 Å². The van der Waals surface area contributed by atoms with Gasteiger partial charge in [0.25, 0.3) is 0 Å². The number of aliphatic hydroxyl groups excluding tert-OH is 1. The zero-order chi connectivity index (χ0) is 20.1. The van der Waals surface area contributed by atoms with Crippen LogP contribution in [0.3, 0.4) is 0 Å². The van der Waals surface area contributed by atoms with E-state index in [1.807, 2.05) is 4.90 Å². The third kappa shape index (κ3) is 5.49. The fourth-order valence-electron chi connectivity index (χ4n) is 3.06. The summed E-state index contributed by atoms with van der Waals surface area (Å²) in [7, 11) is 1.60. The van der Waals surface area contributed by atoms with Crippen LogP contribution < -0.4 is 9.47 Å². The highest BCUT2D eigenvalue weighted by molar-refractivity contribution is 6.35. The first kappa shape index (κ1) is 21.1. The van der Waals surface area contributed by atoms with E-state index in [4.69, 9.17) is 37.4 Å². The SMILES string of the molecule is COc1ccc(OCC(O)CN2CCOC(c3cc(F)c(Cl)cc3Cl)C2)cc1. The van der Waals surface area contributed by atoms with Crippen LogP contribution in [0, 0.1) is 5.82 Å². The molecule has 0 amide bonds. The van der Waals surface area contributed by atoms with Gasteiger partial charge < -0.3 is 19.3 Å². The Bertz CT molecular complexity index is 791. The van der Waals surface area contributed by atoms with Crippen LogP contribution in [0.5, 0.6) is 11.5 Å². The number of rotatable bonds is 7. The standard InChI is InChI=1S/C20H22Cl2FNO4/c1-26-14-2-4-15(5-3-14)28-12-13(25)10-24-6-7-27-20(11-24)16-8-19(23)18(22)9-17(16)21/h2-5,8-9,13,20,25H,6-7,10-12H2,1H3. The summed E-state index contributed by atoms with van der Waals surface area (Å²) in [6.07, 6.45) is -1.07. The molecule has 0 aromatic heterocycles. The first-order chi connectivity index (χ1) is 13.5. The highest BCUT2D eigenvalue weighted by atomic mass is 35.5. The summed E-state index contributed by atoms with van der Waals surface area (Å²) < 4.78 is 30.3. The number of hydrogen-bond donors (Lipinski definition) is 1. The summed E-state index contributed by atoms with van der Waals surface area (Å²) in [5.41, 5.74) is 0.553. The molecule has 2 atom stereocenters. The lowest BCUT2D eigenvalue weighted by Crippen LogP contribution is -2.43. The van der Waals surface area contributed by atoms with Gasteiger partial charge in [0.1, 0.15) is 30.0 Å². The van der Waals surface area contributed by atoms with Gasteiger partial charge in [0.05, 0.1) is 24.8 Å². The number of β-amino-alcohol motifs (C(OH)–C–C–N with tert-alkyl or cyclic N) is 1. The Morgan fingerprint density at radius 3 is 2.64 bits per heavy atom. The van der Waals surface area contributed by atoms with Gasteiger partial charge in [-0.2, -0.15) is 0 Å². The molecule has 1 aliphatic heterocycles. The summed E-state index contributed by atoms with van der Waals surface area (Å²) in [4.78, 5) is 2.04. The van der Waals surface area contributed by atoms with E-state index in [0.29, 0.717) is 42.6 Å². The van der Waals surface area contributed by atoms with E-state index in [1.54, 1.807) is 31.4 Å². The highest BCUT2D eigenvalue weighted by Crippen LogP contribution is 2.32. The van der Waals surface area contributed by atoms with Crippen molar-refractivity contribution < 1.29 is 23.7 Å². The van der Waals surface area contributed by atoms with Crippen LogP contribution in [0.25, 0.3) is 0 Å². The van der Waals surface area contributed by atoms with Crippen LogP contribution in [-0.2, 0) is 4.74 Å². The largest absolute Gasteiger partial charge is 0.497 e. The second kappa shape index (κ2) is 9.76. The normalized spacial score (nSPS) is 18.7. The van der Waals surface area contributed by atoms with Crippen molar-refractivity contribution in [2.75, 3.05) is 40.0 Å². The summed E-state index contributed by atoms with van der Waals surface area (Å²) >= 11 is 12.0. The van der Waals surface area contributed by atoms with Crippen molar-refractivity contribution in [3.8, 4) is 11.5 Å². The van der Waals surface area contributed by atoms with Crippen LogP contribution in [0.1, 0.15) is 11.7 Å². The lowest BCUT2D eigenvalue weighted by atomic mass is 10.1. The van der Waals surface area contributed by atoms with Crippen LogP contribution in [0.4, 0.5) is 4.39 Å². The molecule has 1 N–H and O–H groups in total. The van der Waals surface area contributed by atoms with E-state index >= 15 is 0 Å². The number of aliphatic hydroxyl groups is 1. The highest BCUT2D eigenvalue weighted by Gasteiger charge is 2.26. The number of methoxy groups -OCH3 is 1. The second-order valence-electron chi connectivity index (χ2n) is 6.55. The monoisotopic (exact) mass is 429 g/mol. The molecular formula is C20H22Cl2FNO4. The Hall–Kier alpha value is -1.57. The molecule has 5 nitrogen and oxygen atoms in total. The van der Waals surface area contributed by atoms with Gasteiger partial charge >= 0.3 is 0 Å². The number of ether oxygens (including phenoxy) is 3. The molecule has 1 fully saturated rings. The first-order valence-electron chi connectivity index (χ1n) is 8.89. The maximum absolute atomic E-state index is 13.8. The van der Waals surface area contributed by atoms with Gasteiger partial charge in [0.15, 0.2) is 0 Å². The fourth-order valence-corrected chi connectivity index (χ4v) is 3.56. The molecule has 0 spiro atoms. The van der Waals surface area contributed by atoms with Crippen LogP contribution in [0.15, 0.2) is 36.4 Å². The predicted octanol–water partition coefficient (Wildman–Crippen LogP) is 3.95. The van der Waals surface area contributed by atoms with Crippen molar-refractivity contribution in [3.05, 3.63) is 57.8 Å². The molecule has 1 saturated heterocycles. The third-order valence-electron chi connectivity index (χ3n) is 4.51. The van der Waals surface area contributed by atoms with Crippen molar-refractivity contribution in [2.45, 2.75) is 12.2 Å². The van der Waals surface area contributed by atoms with Gasteiger partial charge in [-0.05, 0) is 36.4 Å². The lowest BCUT2D eigenvalue weighted by molar-refractivity contribution is -0.0460. The molecule has 2 aromatic rings. The predicted molar refractivity (Wildman–Crippen MR) is 106 cm³/mol. The number of hydrogen-bond acceptors (Lipinski definition) is 5. The number of nitrogens with zero attached hydrogens (tertiary/aromatic N) is 1. The van der Waals surface area contributed by atoms with Crippen molar-refractivity contribution >= 4 is 23.2 Å². The van der Waals surface area contributed by atoms with Crippen molar-refractivity contribution in [3.63, 3.8) is 0 Å². The molecule has 1 heterocycles. The molecule has 0 radical (unpaired) electrons. The Labute approximate surface area is 173 Å². The van der Waals surface area contributed by atoms with Crippen molar-refractivity contribution in [1.82, 2.24) is 4.90 Å². The summed E-state index contributed by atoms with van der Waals surface area (Å²) in [6.45, 7) is 2.16. The molecule has 8 heteroatoms. The minimum atomic E-state index is -0.682. The molecule has 1 aliphatic rings. The molecule has 0 saturated carbocycles. The Morgan fingerprint density at radius 1 is 1.21 bits per heavy atom. The lowest BCUT2D eigenvalue weighted by Gasteiger charge is -2.34. The molecule has 2 aromatic carbocycles. The number of benzene rings is 2. The number of halogens is 3. The van der Waals surface area contributed by atoms with Crippen LogP contribution in [0.2, 0.25) is 10.0 Å². The average molecular weight is 430 g/mol. The summed E-state index contributed by atoms with van der Waals surface area (Å²) in [6, 6.07) is 9.85. The Kier molecular flexibility index (Phi) is 7.37. The van der Waals surface area contributed by atoms with E-state index in [0.717, 1.165) is 5.75 Å². The van der Waals surface area contributed by atoms with Gasteiger partial charge in [-0.15, -0.1) is 0 Å². The second-order valence-corrected chi connectivity index (χ2v) is 7.36. The Morgan fingerprint density at radius 2 is 1.93 bits per heavy atom. The van der Waals surface area contributed by atoms with E-state index in [-0.39, 0.29) is 17.7 Å². The van der Waals surface area contributed by atoms with Crippen molar-refractivity contribution in [2.24, 2.45) is 0 Å². The minimum Gasteiger partial charge on any atom is -0.497 e. The molecule has 0 bridgehead atoms. The molecule has 3 rings (SSSR count). The van der Waals surface area contributed by atoms with Gasteiger partial charge in [-0.3, -0.25) is 4.90 Å². The van der Waals surface area contributed by atoms with Crippen LogP contribution >= 0.6 is 23.2 Å². The molecular weight excluding hydrogens is 408 g/mol. The first-order valence-corrected chi connectivity index (χ1v) is 9.65. The average Bonchev–Trinajstić information content (AvgIpc) is 2.70. The van der Waals surface area contributed by atoms with E-state index in [2.05, 4.69) is 0 Å². The summed E-state index contributed by atoms with van der Waals surface area (Å²) in [5, 5.41) is 10.7. The quantitative estimate of drug-likeness (QED) is 0.675. The molecule has 0 aliphatic carbocycles. The smallest absolute Gasteiger partial charge is 0.142 e. The van der Waals surface area contributed by atoms with Gasteiger partial charge in [-0.25, -0.2) is 4.39 Å². The van der Waals surface area contributed by atoms with E-state index in [1.165, 1.54) is 12.1 Å². The van der Waals surface area contributed by atoms with Gasteiger partial charge in [-0.1, -0.05) is 23.2 Å². The molecule has 152 valence electrons. The Balaban J connectivity index is 1.53. The molecule has 28 heavy (non-hydrogen) atoms. The van der Waals surface area contributed by atoms with Gasteiger partial charge in [0, 0.05) is 30.2 Å². The van der Waals surface area contributed by atoms with Gasteiger partial charge in [0.2, 0.25) is 0 Å². The summed E-state index contributed by atoms with van der Waals surface area (Å²) in [5.74, 6) is 0.863. The third-order valence-corrected chi connectivity index (χ3v) is 5.12. The maximum Gasteiger partial charge on any atom is 0.142 e. The fraction of sp³-hybridized carbons (Fsp3) is 0.400. The number of morpholine rings is 1. The molecule has 2 unspecified atom stereocenters. The maximum atomic E-state index is 13.8. The zero-order valence-electron chi connectivity index (χ0n) is 15.4. The topological polar surface area (TPSA) is 51.2 Å². The van der Waals surface area contributed by atoms with E-state index < -0.39 is 11.9 Å². The van der Waals surface area contributed by atoms with E-state index in [9.17, 15) is 9.50 Å².